The summed E-state index contributed by atoms with van der Waals surface area (Å²) >= 11 is 0. The van der Waals surface area contributed by atoms with E-state index in [1.807, 2.05) is 0 Å². The first-order valence-electron chi connectivity index (χ1n) is 12.4. The van der Waals surface area contributed by atoms with E-state index in [2.05, 4.69) is 66.3 Å². The van der Waals surface area contributed by atoms with Crippen molar-refractivity contribution in [2.75, 3.05) is 0 Å². The van der Waals surface area contributed by atoms with E-state index in [1.54, 1.807) is 0 Å². The predicted molar refractivity (Wildman–Crippen MR) is 126 cm³/mol. The molecule has 0 spiro atoms. The van der Waals surface area contributed by atoms with Crippen molar-refractivity contribution in [3.63, 3.8) is 0 Å². The standard InChI is InChI=1S/C28H44N/c1-2-3-4-5-6-7-8-9-10-11-12-14-21-28-23-18-25-29(26-28)24-17-22-27-19-15-13-16-20-27/h13,15-16,18-20,23,25-26H,2-12,14,17,21-22,24H2,1H3/q+1. The van der Waals surface area contributed by atoms with Gasteiger partial charge in [0, 0.05) is 18.1 Å². The van der Waals surface area contributed by atoms with Crippen LogP contribution in [0, 0.1) is 0 Å². The quantitative estimate of drug-likeness (QED) is 0.190. The van der Waals surface area contributed by atoms with E-state index in [0.717, 1.165) is 13.0 Å². The molecule has 0 aliphatic carbocycles. The topological polar surface area (TPSA) is 3.88 Å². The van der Waals surface area contributed by atoms with Crippen LogP contribution in [-0.4, -0.2) is 0 Å². The summed E-state index contributed by atoms with van der Waals surface area (Å²) < 4.78 is 2.37. The second kappa shape index (κ2) is 16.2. The molecule has 0 amide bonds. The van der Waals surface area contributed by atoms with E-state index in [-0.39, 0.29) is 0 Å². The number of aromatic nitrogens is 1. The van der Waals surface area contributed by atoms with Crippen LogP contribution in [0.2, 0.25) is 0 Å². The second-order valence-corrected chi connectivity index (χ2v) is 8.68. The van der Waals surface area contributed by atoms with Gasteiger partial charge in [0.1, 0.15) is 6.54 Å². The number of nitrogens with zero attached hydrogens (tertiary/aromatic N) is 1. The van der Waals surface area contributed by atoms with Gasteiger partial charge in [0.2, 0.25) is 0 Å². The number of pyridine rings is 1. The van der Waals surface area contributed by atoms with E-state index in [1.165, 1.54) is 101 Å². The van der Waals surface area contributed by atoms with Crippen LogP contribution in [0.1, 0.15) is 102 Å². The highest BCUT2D eigenvalue weighted by Gasteiger charge is 2.03. The van der Waals surface area contributed by atoms with E-state index >= 15 is 0 Å². The monoisotopic (exact) mass is 394 g/mol. The van der Waals surface area contributed by atoms with Gasteiger partial charge in [0.15, 0.2) is 12.4 Å². The first-order valence-corrected chi connectivity index (χ1v) is 12.4. The fourth-order valence-corrected chi connectivity index (χ4v) is 4.14. The van der Waals surface area contributed by atoms with Crippen molar-refractivity contribution in [1.82, 2.24) is 0 Å². The van der Waals surface area contributed by atoms with Crippen molar-refractivity contribution in [2.24, 2.45) is 0 Å². The number of hydrogen-bond donors (Lipinski definition) is 0. The minimum absolute atomic E-state index is 1.11. The van der Waals surface area contributed by atoms with Gasteiger partial charge in [-0.05, 0) is 30.9 Å². The van der Waals surface area contributed by atoms with Crippen LogP contribution in [0.4, 0.5) is 0 Å². The maximum absolute atomic E-state index is 2.37. The Kier molecular flexibility index (Phi) is 13.2. The molecule has 1 aromatic carbocycles. The smallest absolute Gasteiger partial charge is 0.171 e. The molecule has 1 heteroatoms. The molecule has 2 rings (SSSR count). The Hall–Kier alpha value is -1.63. The predicted octanol–water partition coefficient (Wildman–Crippen LogP) is 7.85. The normalized spacial score (nSPS) is 11.1. The van der Waals surface area contributed by atoms with Gasteiger partial charge < -0.3 is 0 Å². The lowest BCUT2D eigenvalue weighted by Crippen LogP contribution is -2.33. The van der Waals surface area contributed by atoms with Gasteiger partial charge in [-0.15, -0.1) is 0 Å². The van der Waals surface area contributed by atoms with Gasteiger partial charge >= 0.3 is 0 Å². The zero-order chi connectivity index (χ0) is 20.4. The Morgan fingerprint density at radius 3 is 1.76 bits per heavy atom. The lowest BCUT2D eigenvalue weighted by Gasteiger charge is -2.04. The average molecular weight is 395 g/mol. The summed E-state index contributed by atoms with van der Waals surface area (Å²) in [5.41, 5.74) is 2.94. The molecular formula is C28H44N+. The van der Waals surface area contributed by atoms with Crippen LogP contribution in [-0.2, 0) is 19.4 Å². The summed E-state index contributed by atoms with van der Waals surface area (Å²) in [5.74, 6) is 0. The molecule has 0 saturated heterocycles. The Morgan fingerprint density at radius 1 is 0.552 bits per heavy atom. The maximum atomic E-state index is 2.37. The highest BCUT2D eigenvalue weighted by molar-refractivity contribution is 5.14. The van der Waals surface area contributed by atoms with E-state index < -0.39 is 0 Å². The molecule has 1 aromatic heterocycles. The molecule has 0 unspecified atom stereocenters. The summed E-state index contributed by atoms with van der Waals surface area (Å²) in [6, 6.07) is 15.3. The van der Waals surface area contributed by atoms with Gasteiger partial charge in [-0.25, -0.2) is 4.57 Å². The molecule has 1 heterocycles. The molecule has 0 fully saturated rings. The summed E-state index contributed by atoms with van der Waals surface area (Å²) in [5, 5.41) is 0. The molecular weight excluding hydrogens is 350 g/mol. The Balaban J connectivity index is 1.47. The SMILES string of the molecule is CCCCCCCCCCCCCCc1ccc[n+](CCCc2ccccc2)c1. The molecule has 0 N–H and O–H groups in total. The van der Waals surface area contributed by atoms with Gasteiger partial charge in [0.25, 0.3) is 0 Å². The van der Waals surface area contributed by atoms with Crippen LogP contribution < -0.4 is 4.57 Å². The number of hydrogen-bond acceptors (Lipinski definition) is 0. The van der Waals surface area contributed by atoms with E-state index in [9.17, 15) is 0 Å². The molecule has 160 valence electrons. The third-order valence-electron chi connectivity index (χ3n) is 5.96. The first kappa shape index (κ1) is 23.6. The Labute approximate surface area is 180 Å². The van der Waals surface area contributed by atoms with Crippen LogP contribution in [0.5, 0.6) is 0 Å². The molecule has 0 aliphatic heterocycles. The fraction of sp³-hybridized carbons (Fsp3) is 0.607. The van der Waals surface area contributed by atoms with E-state index in [4.69, 9.17) is 0 Å². The minimum Gasteiger partial charge on any atom is -0.205 e. The number of unbranched alkanes of at least 4 members (excludes halogenated alkanes) is 11. The van der Waals surface area contributed by atoms with Crippen LogP contribution in [0.3, 0.4) is 0 Å². The molecule has 1 nitrogen and oxygen atoms in total. The average Bonchev–Trinajstić information content (AvgIpc) is 2.76. The Bertz CT molecular complexity index is 619. The molecule has 0 atom stereocenters. The van der Waals surface area contributed by atoms with Gasteiger partial charge in [-0.1, -0.05) is 108 Å². The third-order valence-corrected chi connectivity index (χ3v) is 5.96. The zero-order valence-electron chi connectivity index (χ0n) is 19.0. The molecule has 0 radical (unpaired) electrons. The van der Waals surface area contributed by atoms with Crippen LogP contribution >= 0.6 is 0 Å². The summed E-state index contributed by atoms with van der Waals surface area (Å²) in [6.07, 6.45) is 25.3. The van der Waals surface area contributed by atoms with Crippen molar-refractivity contribution in [2.45, 2.75) is 110 Å². The largest absolute Gasteiger partial charge is 0.205 e. The van der Waals surface area contributed by atoms with Crippen LogP contribution in [0.25, 0.3) is 0 Å². The summed E-state index contributed by atoms with van der Waals surface area (Å²) in [4.78, 5) is 0. The number of benzene rings is 1. The highest BCUT2D eigenvalue weighted by atomic mass is 14.9. The van der Waals surface area contributed by atoms with Crippen molar-refractivity contribution >= 4 is 0 Å². The summed E-state index contributed by atoms with van der Waals surface area (Å²) in [6.45, 7) is 3.41. The van der Waals surface area contributed by atoms with Crippen LogP contribution in [0.15, 0.2) is 54.9 Å². The first-order chi connectivity index (χ1) is 14.4. The number of rotatable bonds is 17. The lowest BCUT2D eigenvalue weighted by atomic mass is 10.0. The van der Waals surface area contributed by atoms with Gasteiger partial charge in [0.05, 0.1) is 0 Å². The minimum atomic E-state index is 1.11. The van der Waals surface area contributed by atoms with Crippen molar-refractivity contribution < 1.29 is 4.57 Å². The van der Waals surface area contributed by atoms with Crippen molar-refractivity contribution in [3.8, 4) is 0 Å². The molecule has 29 heavy (non-hydrogen) atoms. The van der Waals surface area contributed by atoms with Crippen molar-refractivity contribution in [1.29, 1.82) is 0 Å². The van der Waals surface area contributed by atoms with E-state index in [0.29, 0.717) is 0 Å². The Morgan fingerprint density at radius 2 is 1.10 bits per heavy atom. The van der Waals surface area contributed by atoms with Gasteiger partial charge in [-0.2, -0.15) is 0 Å². The molecule has 0 bridgehead atoms. The highest BCUT2D eigenvalue weighted by Crippen LogP contribution is 2.13. The third kappa shape index (κ3) is 11.8. The molecule has 0 saturated carbocycles. The maximum Gasteiger partial charge on any atom is 0.171 e. The zero-order valence-corrected chi connectivity index (χ0v) is 19.0. The fourth-order valence-electron chi connectivity index (χ4n) is 4.14. The molecule has 0 aliphatic rings. The lowest BCUT2D eigenvalue weighted by molar-refractivity contribution is -0.697. The van der Waals surface area contributed by atoms with Crippen molar-refractivity contribution in [3.05, 3.63) is 66.0 Å². The second-order valence-electron chi connectivity index (χ2n) is 8.68. The summed E-state index contributed by atoms with van der Waals surface area (Å²) in [7, 11) is 0. The van der Waals surface area contributed by atoms with Gasteiger partial charge in [-0.3, -0.25) is 0 Å². The number of aryl methyl sites for hydroxylation is 3. The molecule has 2 aromatic rings.